The normalized spacial score (nSPS) is 10.4. The van der Waals surface area contributed by atoms with Gasteiger partial charge in [-0.3, -0.25) is 0 Å². The molecule has 0 aliphatic rings. The van der Waals surface area contributed by atoms with Gasteiger partial charge in [0.2, 0.25) is 5.88 Å². The van der Waals surface area contributed by atoms with E-state index in [1.54, 1.807) is 24.3 Å². The zero-order valence-corrected chi connectivity index (χ0v) is 13.5. The molecular weight excluding hydrogens is 349 g/mol. The number of carbonyl (C=O) groups is 1. The summed E-state index contributed by atoms with van der Waals surface area (Å²) in [6.45, 7) is 0.331. The number of hydrogen-bond acceptors (Lipinski definition) is 5. The van der Waals surface area contributed by atoms with Crippen molar-refractivity contribution in [1.82, 2.24) is 19.9 Å². The monoisotopic (exact) mass is 359 g/mol. The Bertz CT molecular complexity index is 982. The largest absolute Gasteiger partial charge is 0.414 e. The number of ether oxygens (including phenoxy) is 1. The van der Waals surface area contributed by atoms with Crippen molar-refractivity contribution in [2.75, 3.05) is 6.54 Å². The molecule has 7 nitrogen and oxygen atoms in total. The molecule has 0 saturated heterocycles. The highest BCUT2D eigenvalue weighted by Gasteiger charge is 2.16. The molecule has 0 aliphatic carbocycles. The van der Waals surface area contributed by atoms with Crippen molar-refractivity contribution in [3.63, 3.8) is 0 Å². The van der Waals surface area contributed by atoms with E-state index in [-0.39, 0.29) is 29.8 Å². The average Bonchev–Trinajstić information content (AvgIpc) is 2.87. The van der Waals surface area contributed by atoms with E-state index >= 15 is 0 Å². The molecule has 0 spiro atoms. The third-order valence-electron chi connectivity index (χ3n) is 3.43. The summed E-state index contributed by atoms with van der Waals surface area (Å²) in [7, 11) is 0. The number of nitrogens with zero attached hydrogens (tertiary/aromatic N) is 4. The van der Waals surface area contributed by atoms with Gasteiger partial charge in [0.05, 0.1) is 5.52 Å². The first-order chi connectivity index (χ1) is 12.1. The summed E-state index contributed by atoms with van der Waals surface area (Å²) in [6, 6.07) is 9.90. The maximum absolute atomic E-state index is 14.2. The summed E-state index contributed by atoms with van der Waals surface area (Å²) in [4.78, 5) is 19.2. The Morgan fingerprint density at radius 2 is 2.20 bits per heavy atom. The zero-order valence-electron chi connectivity index (χ0n) is 12.7. The summed E-state index contributed by atoms with van der Waals surface area (Å²) >= 11 is 5.67. The smallest absolute Gasteiger partial charge is 0.391 e. The van der Waals surface area contributed by atoms with Crippen LogP contribution in [0.15, 0.2) is 36.7 Å². The molecule has 9 heteroatoms. The van der Waals surface area contributed by atoms with Gasteiger partial charge in [-0.05, 0) is 12.1 Å². The van der Waals surface area contributed by atoms with E-state index in [9.17, 15) is 14.4 Å². The number of fused-ring (bicyclic) bond motifs is 1. The maximum atomic E-state index is 14.2. The van der Waals surface area contributed by atoms with E-state index in [1.165, 1.54) is 17.0 Å². The van der Waals surface area contributed by atoms with Crippen LogP contribution in [-0.4, -0.2) is 27.2 Å². The molecule has 0 unspecified atom stereocenters. The first-order valence-corrected chi connectivity index (χ1v) is 7.58. The van der Waals surface area contributed by atoms with Gasteiger partial charge in [-0.1, -0.05) is 23.7 Å². The molecule has 2 heterocycles. The number of hydrogen-bond donors (Lipinski definition) is 1. The van der Waals surface area contributed by atoms with Gasteiger partial charge in [0.15, 0.2) is 11.5 Å². The second kappa shape index (κ2) is 7.15. The minimum Gasteiger partial charge on any atom is -0.391 e. The number of benzene rings is 1. The third-order valence-corrected chi connectivity index (χ3v) is 3.63. The molecule has 0 fully saturated rings. The molecule has 3 aromatic rings. The van der Waals surface area contributed by atoms with Crippen molar-refractivity contribution < 1.29 is 13.9 Å². The molecule has 25 heavy (non-hydrogen) atoms. The Hall–Kier alpha value is -3.18. The first kappa shape index (κ1) is 16.7. The Kier molecular flexibility index (Phi) is 4.77. The topological polar surface area (TPSA) is 92.8 Å². The lowest BCUT2D eigenvalue weighted by atomic mass is 10.2. The fraction of sp³-hybridized carbons (Fsp3) is 0.125. The standard InChI is InChI=1S/C16H11ClFN5O2/c17-13-7-14(22-9-21-13)25-16(24)20-5-6-23-11-4-2-1-3-10(11)15(18)12(23)8-19/h1-4,7,9H,5-6H2,(H,20,24). The van der Waals surface area contributed by atoms with E-state index in [1.807, 2.05) is 6.07 Å². The van der Waals surface area contributed by atoms with Gasteiger partial charge in [-0.15, -0.1) is 0 Å². The molecule has 126 valence electrons. The second-order valence-corrected chi connectivity index (χ2v) is 5.33. The fourth-order valence-electron chi connectivity index (χ4n) is 2.38. The Morgan fingerprint density at radius 3 is 2.96 bits per heavy atom. The summed E-state index contributed by atoms with van der Waals surface area (Å²) in [5.74, 6) is -0.566. The molecule has 1 N–H and O–H groups in total. The lowest BCUT2D eigenvalue weighted by molar-refractivity contribution is 0.198. The third kappa shape index (κ3) is 3.51. The van der Waals surface area contributed by atoms with Crippen molar-refractivity contribution >= 4 is 28.6 Å². The molecular formula is C16H11ClFN5O2. The van der Waals surface area contributed by atoms with E-state index < -0.39 is 11.9 Å². The van der Waals surface area contributed by atoms with Crippen LogP contribution in [0.3, 0.4) is 0 Å². The average molecular weight is 360 g/mol. The molecule has 0 atom stereocenters. The van der Waals surface area contributed by atoms with E-state index in [0.29, 0.717) is 10.9 Å². The second-order valence-electron chi connectivity index (χ2n) is 4.94. The number of amides is 1. The summed E-state index contributed by atoms with van der Waals surface area (Å²) < 4.78 is 20.7. The van der Waals surface area contributed by atoms with Gasteiger partial charge >= 0.3 is 6.09 Å². The highest BCUT2D eigenvalue weighted by atomic mass is 35.5. The van der Waals surface area contributed by atoms with Gasteiger partial charge in [0.1, 0.15) is 17.5 Å². The minimum absolute atomic E-state index is 0.00710. The predicted octanol–water partition coefficient (Wildman–Crippen LogP) is 2.88. The number of nitriles is 1. The van der Waals surface area contributed by atoms with E-state index in [2.05, 4.69) is 15.3 Å². The Labute approximate surface area is 146 Å². The van der Waals surface area contributed by atoms with Crippen molar-refractivity contribution in [2.24, 2.45) is 0 Å². The van der Waals surface area contributed by atoms with Gasteiger partial charge in [0, 0.05) is 24.5 Å². The van der Waals surface area contributed by atoms with Crippen molar-refractivity contribution in [3.05, 3.63) is 53.3 Å². The van der Waals surface area contributed by atoms with Crippen LogP contribution in [0, 0.1) is 17.1 Å². The SMILES string of the molecule is N#Cc1c(F)c2ccccc2n1CCNC(=O)Oc1cc(Cl)ncn1. The van der Waals surface area contributed by atoms with E-state index in [4.69, 9.17) is 16.3 Å². The molecule has 0 radical (unpaired) electrons. The zero-order chi connectivity index (χ0) is 17.8. The predicted molar refractivity (Wildman–Crippen MR) is 87.7 cm³/mol. The van der Waals surface area contributed by atoms with Crippen molar-refractivity contribution in [1.29, 1.82) is 5.26 Å². The highest BCUT2D eigenvalue weighted by Crippen LogP contribution is 2.23. The fourth-order valence-corrected chi connectivity index (χ4v) is 2.51. The highest BCUT2D eigenvalue weighted by molar-refractivity contribution is 6.29. The molecule has 1 aromatic carbocycles. The molecule has 0 bridgehead atoms. The summed E-state index contributed by atoms with van der Waals surface area (Å²) in [6.07, 6.45) is 0.420. The van der Waals surface area contributed by atoms with Crippen LogP contribution in [-0.2, 0) is 6.54 Å². The lowest BCUT2D eigenvalue weighted by Gasteiger charge is -2.08. The van der Waals surface area contributed by atoms with E-state index in [0.717, 1.165) is 0 Å². The lowest BCUT2D eigenvalue weighted by Crippen LogP contribution is -2.30. The number of rotatable bonds is 4. The van der Waals surface area contributed by atoms with Crippen LogP contribution >= 0.6 is 11.6 Å². The molecule has 0 aliphatic heterocycles. The van der Waals surface area contributed by atoms with Crippen molar-refractivity contribution in [2.45, 2.75) is 6.54 Å². The number of aromatic nitrogens is 3. The van der Waals surface area contributed by atoms with Gasteiger partial charge in [-0.2, -0.15) is 5.26 Å². The number of halogens is 2. The van der Waals surface area contributed by atoms with Gasteiger partial charge < -0.3 is 14.6 Å². The van der Waals surface area contributed by atoms with Crippen LogP contribution < -0.4 is 10.1 Å². The van der Waals surface area contributed by atoms with Gasteiger partial charge in [-0.25, -0.2) is 19.2 Å². The molecule has 1 amide bonds. The number of carbonyl (C=O) groups excluding carboxylic acids is 1. The van der Waals surface area contributed by atoms with Crippen LogP contribution in [0.4, 0.5) is 9.18 Å². The van der Waals surface area contributed by atoms with Crippen LogP contribution in [0.1, 0.15) is 5.69 Å². The van der Waals surface area contributed by atoms with Gasteiger partial charge in [0.25, 0.3) is 0 Å². The number of para-hydroxylation sites is 1. The number of nitrogens with one attached hydrogen (secondary N) is 1. The van der Waals surface area contributed by atoms with Crippen LogP contribution in [0.5, 0.6) is 5.88 Å². The van der Waals surface area contributed by atoms with Crippen molar-refractivity contribution in [3.8, 4) is 11.9 Å². The minimum atomic E-state index is -0.745. The quantitative estimate of drug-likeness (QED) is 0.723. The molecule has 0 saturated carbocycles. The summed E-state index contributed by atoms with van der Waals surface area (Å²) in [5, 5.41) is 12.2. The van der Waals surface area contributed by atoms with Crippen LogP contribution in [0.2, 0.25) is 5.15 Å². The molecule has 3 rings (SSSR count). The summed E-state index contributed by atoms with van der Waals surface area (Å²) in [5.41, 5.74) is 0.494. The first-order valence-electron chi connectivity index (χ1n) is 7.20. The maximum Gasteiger partial charge on any atom is 0.414 e. The molecule has 2 aromatic heterocycles. The Morgan fingerprint density at radius 1 is 1.40 bits per heavy atom. The Balaban J connectivity index is 1.67. The van der Waals surface area contributed by atoms with Crippen LogP contribution in [0.25, 0.3) is 10.9 Å².